The summed E-state index contributed by atoms with van der Waals surface area (Å²) in [6.07, 6.45) is 2.58. The lowest BCUT2D eigenvalue weighted by molar-refractivity contribution is 0.415. The second kappa shape index (κ2) is 7.97. The van der Waals surface area contributed by atoms with Crippen molar-refractivity contribution in [3.8, 4) is 5.75 Å². The van der Waals surface area contributed by atoms with Crippen molar-refractivity contribution in [2.75, 3.05) is 30.4 Å². The van der Waals surface area contributed by atoms with E-state index in [1.807, 2.05) is 24.3 Å². The lowest BCUT2D eigenvalue weighted by atomic mass is 10.00. The van der Waals surface area contributed by atoms with Gasteiger partial charge in [0.2, 0.25) is 0 Å². The summed E-state index contributed by atoms with van der Waals surface area (Å²) < 4.78 is 5.22. The van der Waals surface area contributed by atoms with Gasteiger partial charge in [-0.2, -0.15) is 0 Å². The Kier molecular flexibility index (Phi) is 5.24. The first-order valence-corrected chi connectivity index (χ1v) is 9.91. The number of rotatable bonds is 5. The molecule has 0 amide bonds. The Balaban J connectivity index is 1.45. The molecule has 1 atom stereocenters. The van der Waals surface area contributed by atoms with E-state index in [1.54, 1.807) is 7.11 Å². The Morgan fingerprint density at radius 2 is 2.00 bits per heavy atom. The van der Waals surface area contributed by atoms with Gasteiger partial charge in [0.25, 0.3) is 5.56 Å². The Hall–Kier alpha value is -2.95. The first kappa shape index (κ1) is 18.4. The van der Waals surface area contributed by atoms with Crippen LogP contribution in [0.5, 0.6) is 5.75 Å². The molecule has 0 bridgehead atoms. The van der Waals surface area contributed by atoms with Crippen LogP contribution in [0.3, 0.4) is 0 Å². The van der Waals surface area contributed by atoms with Gasteiger partial charge in [0.1, 0.15) is 5.75 Å². The van der Waals surface area contributed by atoms with E-state index < -0.39 is 0 Å². The molecule has 0 aliphatic carbocycles. The predicted molar refractivity (Wildman–Crippen MR) is 116 cm³/mol. The number of hydrogen-bond donors (Lipinski definition) is 2. The molecule has 1 saturated heterocycles. The van der Waals surface area contributed by atoms with E-state index in [-0.39, 0.29) is 5.56 Å². The standard InChI is InChI=1S/C23H27N3O2/c1-16-4-3-11-26(15-16)20-8-6-19(7-9-20)24-14-18-12-17-5-10-21(28-2)13-22(17)25-23(18)27/h5-10,12-13,16,24H,3-4,11,14-15H2,1-2H3,(H,25,27)/t16-/m1/s1. The van der Waals surface area contributed by atoms with E-state index >= 15 is 0 Å². The van der Waals surface area contributed by atoms with Crippen LogP contribution in [0.1, 0.15) is 25.3 Å². The number of benzene rings is 2. The summed E-state index contributed by atoms with van der Waals surface area (Å²) in [5.74, 6) is 1.49. The molecule has 5 nitrogen and oxygen atoms in total. The van der Waals surface area contributed by atoms with E-state index in [1.165, 1.54) is 18.5 Å². The van der Waals surface area contributed by atoms with Gasteiger partial charge >= 0.3 is 0 Å². The molecule has 2 N–H and O–H groups in total. The molecule has 1 aliphatic heterocycles. The number of hydrogen-bond acceptors (Lipinski definition) is 4. The molecule has 1 fully saturated rings. The molecule has 0 spiro atoms. The third-order valence-corrected chi connectivity index (χ3v) is 5.50. The molecule has 146 valence electrons. The molecular weight excluding hydrogens is 350 g/mol. The predicted octanol–water partition coefficient (Wildman–Crippen LogP) is 4.39. The topological polar surface area (TPSA) is 57.4 Å². The highest BCUT2D eigenvalue weighted by Crippen LogP contribution is 2.24. The Labute approximate surface area is 165 Å². The minimum Gasteiger partial charge on any atom is -0.497 e. The SMILES string of the molecule is COc1ccc2cc(CNc3ccc(N4CCC[C@@H](C)C4)cc3)c(=O)[nH]c2c1. The van der Waals surface area contributed by atoms with Gasteiger partial charge in [-0.3, -0.25) is 4.79 Å². The van der Waals surface area contributed by atoms with Crippen molar-refractivity contribution in [3.63, 3.8) is 0 Å². The minimum atomic E-state index is -0.0767. The number of pyridine rings is 1. The average molecular weight is 377 g/mol. The summed E-state index contributed by atoms with van der Waals surface area (Å²) in [5.41, 5.74) is 3.71. The van der Waals surface area contributed by atoms with Crippen LogP contribution in [0.2, 0.25) is 0 Å². The number of anilines is 2. The molecule has 28 heavy (non-hydrogen) atoms. The van der Waals surface area contributed by atoms with Gasteiger partial charge in [0, 0.05) is 42.6 Å². The number of ether oxygens (including phenoxy) is 1. The summed E-state index contributed by atoms with van der Waals surface area (Å²) >= 11 is 0. The van der Waals surface area contributed by atoms with Crippen molar-refractivity contribution >= 4 is 22.3 Å². The largest absolute Gasteiger partial charge is 0.497 e. The first-order chi connectivity index (χ1) is 13.6. The van der Waals surface area contributed by atoms with E-state index in [0.717, 1.165) is 41.3 Å². The fourth-order valence-corrected chi connectivity index (χ4v) is 3.89. The molecule has 0 saturated carbocycles. The molecule has 1 aliphatic rings. The maximum Gasteiger partial charge on any atom is 0.253 e. The third-order valence-electron chi connectivity index (χ3n) is 5.50. The van der Waals surface area contributed by atoms with Crippen LogP contribution >= 0.6 is 0 Å². The van der Waals surface area contributed by atoms with Gasteiger partial charge < -0.3 is 19.9 Å². The highest BCUT2D eigenvalue weighted by molar-refractivity contribution is 5.80. The minimum absolute atomic E-state index is 0.0767. The van der Waals surface area contributed by atoms with Crippen molar-refractivity contribution in [3.05, 3.63) is 64.4 Å². The van der Waals surface area contributed by atoms with Gasteiger partial charge in [-0.05, 0) is 66.6 Å². The van der Waals surface area contributed by atoms with Gasteiger partial charge in [-0.1, -0.05) is 6.92 Å². The fourth-order valence-electron chi connectivity index (χ4n) is 3.89. The zero-order valence-corrected chi connectivity index (χ0v) is 16.5. The molecule has 4 rings (SSSR count). The molecule has 2 heterocycles. The number of H-pyrrole nitrogens is 1. The van der Waals surface area contributed by atoms with Crippen LogP contribution in [0, 0.1) is 5.92 Å². The number of fused-ring (bicyclic) bond motifs is 1. The molecule has 5 heteroatoms. The van der Waals surface area contributed by atoms with Crippen LogP contribution in [-0.4, -0.2) is 25.2 Å². The van der Waals surface area contributed by atoms with Gasteiger partial charge in [-0.15, -0.1) is 0 Å². The molecule has 0 unspecified atom stereocenters. The van der Waals surface area contributed by atoms with E-state index in [2.05, 4.69) is 46.4 Å². The number of nitrogens with one attached hydrogen (secondary N) is 2. The molecule has 3 aromatic rings. The van der Waals surface area contributed by atoms with Gasteiger partial charge in [0.15, 0.2) is 0 Å². The van der Waals surface area contributed by atoms with Crippen LogP contribution in [-0.2, 0) is 6.54 Å². The lowest BCUT2D eigenvalue weighted by Crippen LogP contribution is -2.34. The second-order valence-electron chi connectivity index (χ2n) is 7.67. The highest BCUT2D eigenvalue weighted by atomic mass is 16.5. The highest BCUT2D eigenvalue weighted by Gasteiger charge is 2.16. The van der Waals surface area contributed by atoms with Gasteiger partial charge in [0.05, 0.1) is 12.6 Å². The quantitative estimate of drug-likeness (QED) is 0.693. The molecule has 1 aromatic heterocycles. The number of piperidine rings is 1. The molecule has 2 aromatic carbocycles. The van der Waals surface area contributed by atoms with Crippen LogP contribution in [0.25, 0.3) is 10.9 Å². The summed E-state index contributed by atoms with van der Waals surface area (Å²) in [5, 5.41) is 4.36. The monoisotopic (exact) mass is 377 g/mol. The number of nitrogens with zero attached hydrogens (tertiary/aromatic N) is 1. The van der Waals surface area contributed by atoms with Crippen molar-refractivity contribution in [2.45, 2.75) is 26.3 Å². The van der Waals surface area contributed by atoms with Gasteiger partial charge in [-0.25, -0.2) is 0 Å². The van der Waals surface area contributed by atoms with Crippen LogP contribution in [0.4, 0.5) is 11.4 Å². The fraction of sp³-hybridized carbons (Fsp3) is 0.348. The summed E-state index contributed by atoms with van der Waals surface area (Å²) in [6, 6.07) is 16.1. The number of aromatic nitrogens is 1. The second-order valence-corrected chi connectivity index (χ2v) is 7.67. The average Bonchev–Trinajstić information content (AvgIpc) is 2.72. The van der Waals surface area contributed by atoms with E-state index in [0.29, 0.717) is 12.1 Å². The summed E-state index contributed by atoms with van der Waals surface area (Å²) in [6.45, 7) is 5.06. The smallest absolute Gasteiger partial charge is 0.253 e. The van der Waals surface area contributed by atoms with Crippen LogP contribution in [0.15, 0.2) is 53.3 Å². The summed E-state index contributed by atoms with van der Waals surface area (Å²) in [4.78, 5) is 17.8. The maximum absolute atomic E-state index is 12.4. The molecule has 0 radical (unpaired) electrons. The number of methoxy groups -OCH3 is 1. The van der Waals surface area contributed by atoms with E-state index in [4.69, 9.17) is 4.74 Å². The zero-order valence-electron chi connectivity index (χ0n) is 16.5. The third kappa shape index (κ3) is 3.98. The number of aromatic amines is 1. The maximum atomic E-state index is 12.4. The molecular formula is C23H27N3O2. The normalized spacial score (nSPS) is 16.9. The zero-order chi connectivity index (χ0) is 19.5. The van der Waals surface area contributed by atoms with E-state index in [9.17, 15) is 4.79 Å². The Morgan fingerprint density at radius 3 is 2.75 bits per heavy atom. The van der Waals surface area contributed by atoms with Crippen LogP contribution < -0.4 is 20.5 Å². The first-order valence-electron chi connectivity index (χ1n) is 9.91. The van der Waals surface area contributed by atoms with Crippen molar-refractivity contribution in [2.24, 2.45) is 5.92 Å². The van der Waals surface area contributed by atoms with Crippen molar-refractivity contribution in [1.82, 2.24) is 4.98 Å². The van der Waals surface area contributed by atoms with Crippen molar-refractivity contribution < 1.29 is 4.74 Å². The Bertz CT molecular complexity index is 1010. The van der Waals surface area contributed by atoms with Crippen molar-refractivity contribution in [1.29, 1.82) is 0 Å². The Morgan fingerprint density at radius 1 is 1.18 bits per heavy atom. The lowest BCUT2D eigenvalue weighted by Gasteiger charge is -2.32. The summed E-state index contributed by atoms with van der Waals surface area (Å²) in [7, 11) is 1.62.